The van der Waals surface area contributed by atoms with Gasteiger partial charge in [-0.25, -0.2) is 4.79 Å². The summed E-state index contributed by atoms with van der Waals surface area (Å²) in [5, 5.41) is 5.79. The molecule has 0 aliphatic carbocycles. The fourth-order valence-electron chi connectivity index (χ4n) is 5.03. The van der Waals surface area contributed by atoms with E-state index in [4.69, 9.17) is 0 Å². The standard InChI is InChI=1S/C28H38N4O2/c1-2-3-15-29-28(34)30-24-11-12-26(25(21-24)27(33)32-16-7-8-17-32)31-18-13-23(14-19-31)20-22-9-5-4-6-10-22/h4-6,9-12,21,23H,2-3,7-8,13-20H2,1H3,(H2,29,30,34). The van der Waals surface area contributed by atoms with Gasteiger partial charge in [0.05, 0.1) is 5.56 Å². The Kier molecular flexibility index (Phi) is 8.45. The van der Waals surface area contributed by atoms with Gasteiger partial charge in [0.15, 0.2) is 0 Å². The molecular formula is C28H38N4O2. The lowest BCUT2D eigenvalue weighted by Crippen LogP contribution is -2.37. The zero-order chi connectivity index (χ0) is 23.8. The molecular weight excluding hydrogens is 424 g/mol. The minimum absolute atomic E-state index is 0.0777. The molecule has 34 heavy (non-hydrogen) atoms. The van der Waals surface area contributed by atoms with Crippen molar-refractivity contribution in [1.29, 1.82) is 0 Å². The predicted octanol–water partition coefficient (Wildman–Crippen LogP) is 5.30. The average molecular weight is 463 g/mol. The van der Waals surface area contributed by atoms with Crippen molar-refractivity contribution in [2.75, 3.05) is 42.9 Å². The number of benzene rings is 2. The van der Waals surface area contributed by atoms with Crippen LogP contribution in [0, 0.1) is 5.92 Å². The Labute approximate surface area is 203 Å². The van der Waals surface area contributed by atoms with Gasteiger partial charge in [-0.2, -0.15) is 0 Å². The number of piperidine rings is 1. The Morgan fingerprint density at radius 2 is 1.71 bits per heavy atom. The van der Waals surface area contributed by atoms with Gasteiger partial charge in [0.1, 0.15) is 0 Å². The fraction of sp³-hybridized carbons (Fsp3) is 0.500. The molecule has 0 aromatic heterocycles. The SMILES string of the molecule is CCCCNC(=O)Nc1ccc(N2CCC(Cc3ccccc3)CC2)c(C(=O)N2CCCC2)c1. The predicted molar refractivity (Wildman–Crippen MR) is 139 cm³/mol. The quantitative estimate of drug-likeness (QED) is 0.523. The summed E-state index contributed by atoms with van der Waals surface area (Å²) in [6.45, 7) is 6.26. The lowest BCUT2D eigenvalue weighted by molar-refractivity contribution is 0.0793. The molecule has 182 valence electrons. The molecule has 2 aliphatic heterocycles. The van der Waals surface area contributed by atoms with Crippen LogP contribution in [0.25, 0.3) is 0 Å². The number of nitrogens with zero attached hydrogens (tertiary/aromatic N) is 2. The summed E-state index contributed by atoms with van der Waals surface area (Å²) in [7, 11) is 0. The molecule has 0 unspecified atom stereocenters. The zero-order valence-corrected chi connectivity index (χ0v) is 20.4. The van der Waals surface area contributed by atoms with Gasteiger partial charge in [-0.1, -0.05) is 43.7 Å². The summed E-state index contributed by atoms with van der Waals surface area (Å²) in [4.78, 5) is 30.0. The van der Waals surface area contributed by atoms with E-state index in [2.05, 4.69) is 52.8 Å². The molecule has 0 radical (unpaired) electrons. The molecule has 2 aromatic rings. The van der Waals surface area contributed by atoms with Crippen molar-refractivity contribution in [1.82, 2.24) is 10.2 Å². The summed E-state index contributed by atoms with van der Waals surface area (Å²) < 4.78 is 0. The number of anilines is 2. The van der Waals surface area contributed by atoms with Crippen LogP contribution in [0.3, 0.4) is 0 Å². The van der Waals surface area contributed by atoms with Gasteiger partial charge in [-0.05, 0) is 68.2 Å². The maximum Gasteiger partial charge on any atom is 0.319 e. The number of rotatable bonds is 8. The normalized spacial score (nSPS) is 16.5. The van der Waals surface area contributed by atoms with E-state index in [1.54, 1.807) is 0 Å². The highest BCUT2D eigenvalue weighted by molar-refractivity contribution is 6.02. The van der Waals surface area contributed by atoms with Crippen molar-refractivity contribution < 1.29 is 9.59 Å². The van der Waals surface area contributed by atoms with Crippen LogP contribution in [0.5, 0.6) is 0 Å². The van der Waals surface area contributed by atoms with Crippen LogP contribution in [0.2, 0.25) is 0 Å². The average Bonchev–Trinajstić information content (AvgIpc) is 3.40. The number of hydrogen-bond donors (Lipinski definition) is 2. The van der Waals surface area contributed by atoms with E-state index < -0.39 is 0 Å². The molecule has 6 nitrogen and oxygen atoms in total. The third kappa shape index (κ3) is 6.31. The zero-order valence-electron chi connectivity index (χ0n) is 20.4. The first-order valence-corrected chi connectivity index (χ1v) is 12.9. The lowest BCUT2D eigenvalue weighted by Gasteiger charge is -2.35. The first-order valence-electron chi connectivity index (χ1n) is 12.9. The Morgan fingerprint density at radius 1 is 0.971 bits per heavy atom. The molecule has 0 bridgehead atoms. The monoisotopic (exact) mass is 462 g/mol. The second kappa shape index (κ2) is 11.9. The minimum Gasteiger partial charge on any atom is -0.371 e. The third-order valence-electron chi connectivity index (χ3n) is 7.02. The van der Waals surface area contributed by atoms with Crippen molar-refractivity contribution >= 4 is 23.3 Å². The highest BCUT2D eigenvalue weighted by Crippen LogP contribution is 2.31. The second-order valence-electron chi connectivity index (χ2n) is 9.59. The number of hydrogen-bond acceptors (Lipinski definition) is 3. The first kappa shape index (κ1) is 24.1. The first-order chi connectivity index (χ1) is 16.6. The van der Waals surface area contributed by atoms with E-state index in [0.29, 0.717) is 23.7 Å². The molecule has 2 aliphatic rings. The highest BCUT2D eigenvalue weighted by Gasteiger charge is 2.27. The summed E-state index contributed by atoms with van der Waals surface area (Å²) in [6.07, 6.45) is 7.45. The van der Waals surface area contributed by atoms with Crippen molar-refractivity contribution in [3.8, 4) is 0 Å². The van der Waals surface area contributed by atoms with Crippen LogP contribution < -0.4 is 15.5 Å². The second-order valence-corrected chi connectivity index (χ2v) is 9.59. The highest BCUT2D eigenvalue weighted by atomic mass is 16.2. The minimum atomic E-state index is -0.220. The summed E-state index contributed by atoms with van der Waals surface area (Å²) >= 11 is 0. The number of urea groups is 1. The Morgan fingerprint density at radius 3 is 2.41 bits per heavy atom. The maximum absolute atomic E-state index is 13.4. The number of likely N-dealkylation sites (tertiary alicyclic amines) is 1. The fourth-order valence-corrected chi connectivity index (χ4v) is 5.03. The third-order valence-corrected chi connectivity index (χ3v) is 7.02. The largest absolute Gasteiger partial charge is 0.371 e. The number of nitrogens with one attached hydrogen (secondary N) is 2. The summed E-state index contributed by atoms with van der Waals surface area (Å²) in [5.41, 5.74) is 3.76. The van der Waals surface area contributed by atoms with Crippen molar-refractivity contribution in [3.63, 3.8) is 0 Å². The number of unbranched alkanes of at least 4 members (excludes halogenated alkanes) is 1. The van der Waals surface area contributed by atoms with E-state index in [9.17, 15) is 9.59 Å². The van der Waals surface area contributed by atoms with Gasteiger partial charge >= 0.3 is 6.03 Å². The van der Waals surface area contributed by atoms with Crippen molar-refractivity contribution in [2.24, 2.45) is 5.92 Å². The molecule has 0 atom stereocenters. The lowest BCUT2D eigenvalue weighted by atomic mass is 9.89. The van der Waals surface area contributed by atoms with Gasteiger partial charge in [-0.15, -0.1) is 0 Å². The van der Waals surface area contributed by atoms with Crippen LogP contribution in [0.15, 0.2) is 48.5 Å². The van der Waals surface area contributed by atoms with Crippen LogP contribution in [-0.2, 0) is 6.42 Å². The molecule has 6 heteroatoms. The van der Waals surface area contributed by atoms with E-state index in [-0.39, 0.29) is 11.9 Å². The topological polar surface area (TPSA) is 64.7 Å². The van der Waals surface area contributed by atoms with E-state index in [0.717, 1.165) is 76.8 Å². The molecule has 2 saturated heterocycles. The molecule has 2 fully saturated rings. The molecule has 2 aromatic carbocycles. The summed E-state index contributed by atoms with van der Waals surface area (Å²) in [6, 6.07) is 16.3. The van der Waals surface area contributed by atoms with E-state index in [1.165, 1.54) is 5.56 Å². The molecule has 2 N–H and O–H groups in total. The van der Waals surface area contributed by atoms with Gasteiger partial charge in [0.25, 0.3) is 5.91 Å². The van der Waals surface area contributed by atoms with Gasteiger partial charge < -0.3 is 20.4 Å². The number of carbonyl (C=O) groups is 2. The molecule has 0 spiro atoms. The van der Waals surface area contributed by atoms with E-state index in [1.807, 2.05) is 23.1 Å². The molecule has 2 heterocycles. The Balaban J connectivity index is 1.46. The van der Waals surface area contributed by atoms with Crippen molar-refractivity contribution in [3.05, 3.63) is 59.7 Å². The molecule has 4 rings (SSSR count). The van der Waals surface area contributed by atoms with Crippen LogP contribution >= 0.6 is 0 Å². The van der Waals surface area contributed by atoms with Crippen LogP contribution in [0.4, 0.5) is 16.2 Å². The van der Waals surface area contributed by atoms with Crippen LogP contribution in [-0.4, -0.2) is 49.6 Å². The van der Waals surface area contributed by atoms with E-state index >= 15 is 0 Å². The summed E-state index contributed by atoms with van der Waals surface area (Å²) in [5.74, 6) is 0.748. The van der Waals surface area contributed by atoms with Crippen LogP contribution in [0.1, 0.15) is 61.4 Å². The maximum atomic E-state index is 13.4. The van der Waals surface area contributed by atoms with Gasteiger partial charge in [0, 0.05) is 44.1 Å². The van der Waals surface area contributed by atoms with Gasteiger partial charge in [0.2, 0.25) is 0 Å². The molecule has 0 saturated carbocycles. The Bertz CT molecular complexity index is 948. The molecule has 3 amide bonds. The van der Waals surface area contributed by atoms with Gasteiger partial charge in [-0.3, -0.25) is 4.79 Å². The number of amides is 3. The number of carbonyl (C=O) groups excluding carboxylic acids is 2. The smallest absolute Gasteiger partial charge is 0.319 e. The Hall–Kier alpha value is -3.02. The van der Waals surface area contributed by atoms with Crippen molar-refractivity contribution in [2.45, 2.75) is 51.9 Å².